The summed E-state index contributed by atoms with van der Waals surface area (Å²) in [5, 5.41) is 6.50. The average molecular weight is 349 g/mol. The second-order valence-electron chi connectivity index (χ2n) is 5.89. The van der Waals surface area contributed by atoms with Crippen LogP contribution in [0.4, 0.5) is 0 Å². The van der Waals surface area contributed by atoms with Crippen LogP contribution in [0.25, 0.3) is 0 Å². The number of hydrogen-bond acceptors (Lipinski definition) is 4. The molecule has 0 aromatic heterocycles. The summed E-state index contributed by atoms with van der Waals surface area (Å²) in [7, 11) is -3.89. The number of rotatable bonds is 14. The lowest BCUT2D eigenvalue weighted by Gasteiger charge is -2.20. The minimum atomic E-state index is -3.89. The Morgan fingerprint density at radius 3 is 1.52 bits per heavy atom. The van der Waals surface area contributed by atoms with Gasteiger partial charge < -0.3 is 4.89 Å². The molecule has 0 aromatic rings. The molecule has 5 nitrogen and oxygen atoms in total. The van der Waals surface area contributed by atoms with E-state index in [1.54, 1.807) is 0 Å². The highest BCUT2D eigenvalue weighted by Gasteiger charge is 2.24. The highest BCUT2D eigenvalue weighted by atomic mass is 31.2. The van der Waals surface area contributed by atoms with Gasteiger partial charge in [-0.3, -0.25) is 9.05 Å². The Bertz CT molecular complexity index is 299. The molecule has 0 heterocycles. The summed E-state index contributed by atoms with van der Waals surface area (Å²) < 4.78 is 22.2. The van der Waals surface area contributed by atoms with E-state index in [4.69, 9.17) is 14.3 Å². The first-order valence-electron chi connectivity index (χ1n) is 8.86. The van der Waals surface area contributed by atoms with Crippen LogP contribution >= 0.6 is 7.82 Å². The van der Waals surface area contributed by atoms with Gasteiger partial charge in [0.25, 0.3) is 0 Å². The standard InChI is InChI=1S/C16H35O4P.CHN/c1-5-9-11-15(7-3)13-19-21(17,18)20-14-16(8-4)12-10-6-2;1-2/h15-16H,5-14H2,1-4H3,(H,17,18);1H. The predicted octanol–water partition coefficient (Wildman–Crippen LogP) is 5.69. The van der Waals surface area contributed by atoms with Crippen LogP contribution in [-0.4, -0.2) is 18.1 Å². The van der Waals surface area contributed by atoms with Gasteiger partial charge in [0, 0.05) is 6.57 Å². The third-order valence-corrected chi connectivity index (χ3v) is 4.98. The van der Waals surface area contributed by atoms with E-state index in [2.05, 4.69) is 34.3 Å². The number of nitrogens with zero attached hydrogens (tertiary/aromatic N) is 1. The molecule has 0 radical (unpaired) electrons. The third-order valence-electron chi connectivity index (χ3n) is 4.03. The first-order valence-corrected chi connectivity index (χ1v) is 10.4. The lowest BCUT2D eigenvalue weighted by Crippen LogP contribution is -2.12. The van der Waals surface area contributed by atoms with Gasteiger partial charge in [-0.25, -0.2) is 9.83 Å². The molecular formula is C17H36NO4P. The fourth-order valence-electron chi connectivity index (χ4n) is 2.23. The minimum Gasteiger partial charge on any atom is -0.302 e. The molecule has 0 bridgehead atoms. The van der Waals surface area contributed by atoms with E-state index in [-0.39, 0.29) is 0 Å². The van der Waals surface area contributed by atoms with Gasteiger partial charge in [0.1, 0.15) is 0 Å². The van der Waals surface area contributed by atoms with Gasteiger partial charge in [0.05, 0.1) is 13.2 Å². The SMILES string of the molecule is C#N.CCCCC(CC)COP(=O)(O)OCC(CC)CCCC. The number of nitriles is 1. The molecule has 2 unspecified atom stereocenters. The molecule has 0 aliphatic rings. The lowest BCUT2D eigenvalue weighted by atomic mass is 10.0. The third kappa shape index (κ3) is 14.9. The quantitative estimate of drug-likeness (QED) is 0.407. The Kier molecular flexibility index (Phi) is 17.8. The van der Waals surface area contributed by atoms with Crippen molar-refractivity contribution in [2.24, 2.45) is 11.8 Å². The van der Waals surface area contributed by atoms with Gasteiger partial charge in [-0.1, -0.05) is 66.2 Å². The molecule has 0 saturated heterocycles. The van der Waals surface area contributed by atoms with Crippen molar-refractivity contribution in [3.05, 3.63) is 0 Å². The molecule has 0 spiro atoms. The summed E-state index contributed by atoms with van der Waals surface area (Å²) in [6.45, 7) is 12.6. The van der Waals surface area contributed by atoms with E-state index in [0.717, 1.165) is 51.4 Å². The topological polar surface area (TPSA) is 79.5 Å². The first-order chi connectivity index (χ1) is 11.0. The summed E-state index contributed by atoms with van der Waals surface area (Å²) >= 11 is 0. The molecule has 0 aliphatic heterocycles. The van der Waals surface area contributed by atoms with Crippen LogP contribution in [0, 0.1) is 23.7 Å². The van der Waals surface area contributed by atoms with Crippen molar-refractivity contribution in [2.45, 2.75) is 79.1 Å². The summed E-state index contributed by atoms with van der Waals surface area (Å²) in [6, 6.07) is 0. The fraction of sp³-hybridized carbons (Fsp3) is 0.941. The molecule has 138 valence electrons. The maximum Gasteiger partial charge on any atom is 0.472 e. The highest BCUT2D eigenvalue weighted by molar-refractivity contribution is 7.47. The van der Waals surface area contributed by atoms with Crippen molar-refractivity contribution in [3.63, 3.8) is 0 Å². The van der Waals surface area contributed by atoms with Gasteiger partial charge in [0.15, 0.2) is 0 Å². The maximum atomic E-state index is 11.9. The van der Waals surface area contributed by atoms with E-state index < -0.39 is 7.82 Å². The Hall–Kier alpha value is -0.400. The fourth-order valence-corrected chi connectivity index (χ4v) is 3.11. The van der Waals surface area contributed by atoms with Crippen LogP contribution < -0.4 is 0 Å². The molecule has 0 fully saturated rings. The lowest BCUT2D eigenvalue weighted by molar-refractivity contribution is 0.110. The van der Waals surface area contributed by atoms with Crippen molar-refractivity contribution < 1.29 is 18.5 Å². The summed E-state index contributed by atoms with van der Waals surface area (Å²) in [5.74, 6) is 0.687. The summed E-state index contributed by atoms with van der Waals surface area (Å²) in [6.07, 6.45) is 8.56. The summed E-state index contributed by atoms with van der Waals surface area (Å²) in [5.41, 5.74) is 0. The number of hydrogen-bond donors (Lipinski definition) is 1. The monoisotopic (exact) mass is 349 g/mol. The van der Waals surface area contributed by atoms with Crippen LogP contribution in [0.3, 0.4) is 0 Å². The van der Waals surface area contributed by atoms with E-state index in [0.29, 0.717) is 25.0 Å². The van der Waals surface area contributed by atoms with Gasteiger partial charge in [-0.05, 0) is 24.7 Å². The number of unbranched alkanes of at least 4 members (excludes halogenated alkanes) is 2. The molecule has 23 heavy (non-hydrogen) atoms. The first kappa shape index (κ1) is 24.8. The second kappa shape index (κ2) is 16.5. The molecule has 0 saturated carbocycles. The van der Waals surface area contributed by atoms with Crippen LogP contribution in [0.5, 0.6) is 0 Å². The minimum absolute atomic E-state index is 0.316. The van der Waals surface area contributed by atoms with Gasteiger partial charge in [0.2, 0.25) is 0 Å². The molecule has 1 N–H and O–H groups in total. The van der Waals surface area contributed by atoms with Crippen molar-refractivity contribution in [1.29, 1.82) is 5.26 Å². The van der Waals surface area contributed by atoms with Crippen molar-refractivity contribution in [3.8, 4) is 6.57 Å². The second-order valence-corrected chi connectivity index (χ2v) is 7.35. The number of phosphoric ester groups is 1. The van der Waals surface area contributed by atoms with Crippen molar-refractivity contribution in [1.82, 2.24) is 0 Å². The van der Waals surface area contributed by atoms with Crippen LogP contribution in [0.1, 0.15) is 79.1 Å². The van der Waals surface area contributed by atoms with E-state index >= 15 is 0 Å². The zero-order valence-corrected chi connectivity index (χ0v) is 16.3. The smallest absolute Gasteiger partial charge is 0.302 e. The largest absolute Gasteiger partial charge is 0.472 e. The zero-order valence-electron chi connectivity index (χ0n) is 15.4. The zero-order chi connectivity index (χ0) is 18.1. The number of phosphoric acid groups is 1. The Labute approximate surface area is 143 Å². The van der Waals surface area contributed by atoms with Gasteiger partial charge in [-0.15, -0.1) is 0 Å². The predicted molar refractivity (Wildman–Crippen MR) is 95.0 cm³/mol. The normalized spacial score (nSPS) is 16.0. The van der Waals surface area contributed by atoms with Gasteiger partial charge >= 0.3 is 7.82 Å². The molecular weight excluding hydrogens is 313 g/mol. The van der Waals surface area contributed by atoms with Crippen LogP contribution in [-0.2, 0) is 13.6 Å². The van der Waals surface area contributed by atoms with Crippen LogP contribution in [0.2, 0.25) is 0 Å². The maximum absolute atomic E-state index is 11.9. The Morgan fingerprint density at radius 1 is 0.913 bits per heavy atom. The molecule has 0 rings (SSSR count). The highest BCUT2D eigenvalue weighted by Crippen LogP contribution is 2.44. The average Bonchev–Trinajstić information content (AvgIpc) is 2.57. The Morgan fingerprint density at radius 2 is 1.26 bits per heavy atom. The van der Waals surface area contributed by atoms with E-state index in [1.165, 1.54) is 0 Å². The molecule has 0 amide bonds. The molecule has 0 aromatic carbocycles. The summed E-state index contributed by atoms with van der Waals surface area (Å²) in [4.78, 5) is 9.77. The molecule has 2 atom stereocenters. The van der Waals surface area contributed by atoms with Crippen molar-refractivity contribution >= 4 is 7.82 Å². The molecule has 0 aliphatic carbocycles. The van der Waals surface area contributed by atoms with E-state index in [1.807, 2.05) is 0 Å². The van der Waals surface area contributed by atoms with E-state index in [9.17, 15) is 9.46 Å². The Balaban J connectivity index is 0. The molecule has 6 heteroatoms. The van der Waals surface area contributed by atoms with Crippen molar-refractivity contribution in [2.75, 3.05) is 13.2 Å². The van der Waals surface area contributed by atoms with Gasteiger partial charge in [-0.2, -0.15) is 0 Å². The van der Waals surface area contributed by atoms with Crippen LogP contribution in [0.15, 0.2) is 0 Å².